The van der Waals surface area contributed by atoms with Crippen molar-refractivity contribution in [2.24, 2.45) is 0 Å². The smallest absolute Gasteiger partial charge is 0.254 e. The summed E-state index contributed by atoms with van der Waals surface area (Å²) in [6.07, 6.45) is 2.59. The maximum atomic E-state index is 13.7. The van der Waals surface area contributed by atoms with Crippen LogP contribution >= 0.6 is 0 Å². The number of fused-ring (bicyclic) bond motifs is 1. The van der Waals surface area contributed by atoms with Gasteiger partial charge in [0.05, 0.1) is 18.1 Å². The van der Waals surface area contributed by atoms with Gasteiger partial charge in [-0.1, -0.05) is 18.2 Å². The summed E-state index contributed by atoms with van der Waals surface area (Å²) in [5.74, 6) is 0.259. The molecule has 0 unspecified atom stereocenters. The van der Waals surface area contributed by atoms with Crippen LogP contribution in [0.15, 0.2) is 48.5 Å². The molecule has 2 aliphatic rings. The van der Waals surface area contributed by atoms with E-state index in [0.717, 1.165) is 18.4 Å². The maximum Gasteiger partial charge on any atom is 0.254 e. The SMILES string of the molecule is CNCCOc1cccc(C(=O)N2[C@H](c3ccc(F)cc3)C[C@H]3NC(=O)CCC[C@@H]32)c1. The van der Waals surface area contributed by atoms with Crippen molar-refractivity contribution in [2.45, 2.75) is 43.8 Å². The van der Waals surface area contributed by atoms with Crippen LogP contribution in [-0.4, -0.2) is 49.0 Å². The Morgan fingerprint density at radius 1 is 1.26 bits per heavy atom. The zero-order chi connectivity index (χ0) is 21.8. The molecule has 0 spiro atoms. The molecule has 31 heavy (non-hydrogen) atoms. The highest BCUT2D eigenvalue weighted by molar-refractivity contribution is 5.95. The van der Waals surface area contributed by atoms with Crippen molar-refractivity contribution in [1.29, 1.82) is 0 Å². The number of nitrogens with zero attached hydrogens (tertiary/aromatic N) is 1. The summed E-state index contributed by atoms with van der Waals surface area (Å²) in [6, 6.07) is 13.1. The lowest BCUT2D eigenvalue weighted by atomic mass is 10.0. The van der Waals surface area contributed by atoms with E-state index < -0.39 is 0 Å². The molecule has 0 saturated carbocycles. The summed E-state index contributed by atoms with van der Waals surface area (Å²) in [6.45, 7) is 1.22. The van der Waals surface area contributed by atoms with Crippen molar-refractivity contribution >= 4 is 11.8 Å². The number of nitrogens with one attached hydrogen (secondary N) is 2. The van der Waals surface area contributed by atoms with Gasteiger partial charge in [0.2, 0.25) is 5.91 Å². The number of amides is 2. The minimum atomic E-state index is -0.312. The molecule has 3 atom stereocenters. The normalized spacial score (nSPS) is 23.1. The molecule has 4 rings (SSSR count). The highest BCUT2D eigenvalue weighted by atomic mass is 19.1. The van der Waals surface area contributed by atoms with Crippen LogP contribution in [0.4, 0.5) is 4.39 Å². The fourth-order valence-corrected chi connectivity index (χ4v) is 4.59. The average Bonchev–Trinajstić information content (AvgIpc) is 3.01. The van der Waals surface area contributed by atoms with Crippen LogP contribution in [0.1, 0.15) is 47.6 Å². The molecule has 2 amide bonds. The summed E-state index contributed by atoms with van der Waals surface area (Å²) in [4.78, 5) is 27.7. The number of hydrogen-bond donors (Lipinski definition) is 2. The molecular weight excluding hydrogens is 397 g/mol. The predicted octanol–water partition coefficient (Wildman–Crippen LogP) is 3.05. The van der Waals surface area contributed by atoms with Gasteiger partial charge in [0, 0.05) is 18.5 Å². The first-order chi connectivity index (χ1) is 15.1. The van der Waals surface area contributed by atoms with E-state index >= 15 is 0 Å². The summed E-state index contributed by atoms with van der Waals surface area (Å²) in [5, 5.41) is 6.12. The van der Waals surface area contributed by atoms with Gasteiger partial charge in [0.25, 0.3) is 5.91 Å². The number of ether oxygens (including phenoxy) is 1. The Morgan fingerprint density at radius 3 is 2.84 bits per heavy atom. The van der Waals surface area contributed by atoms with E-state index in [-0.39, 0.29) is 35.8 Å². The lowest BCUT2D eigenvalue weighted by Crippen LogP contribution is -2.45. The minimum absolute atomic E-state index is 0.0274. The Kier molecular flexibility index (Phi) is 6.51. The van der Waals surface area contributed by atoms with E-state index in [1.54, 1.807) is 24.3 Å². The number of carbonyl (C=O) groups excluding carboxylic acids is 2. The van der Waals surface area contributed by atoms with Crippen LogP contribution in [0.2, 0.25) is 0 Å². The quantitative estimate of drug-likeness (QED) is 0.698. The second-order valence-electron chi connectivity index (χ2n) is 8.13. The second-order valence-corrected chi connectivity index (χ2v) is 8.13. The summed E-state index contributed by atoms with van der Waals surface area (Å²) >= 11 is 0. The van der Waals surface area contributed by atoms with Crippen molar-refractivity contribution in [3.63, 3.8) is 0 Å². The van der Waals surface area contributed by atoms with Gasteiger partial charge in [-0.3, -0.25) is 9.59 Å². The Hall–Kier alpha value is -2.93. The second kappa shape index (κ2) is 9.47. The number of likely N-dealkylation sites (N-methyl/N-ethyl adjacent to an activating group) is 1. The summed E-state index contributed by atoms with van der Waals surface area (Å²) < 4.78 is 19.2. The van der Waals surface area contributed by atoms with Crippen molar-refractivity contribution < 1.29 is 18.7 Å². The van der Waals surface area contributed by atoms with E-state index in [1.807, 2.05) is 24.1 Å². The summed E-state index contributed by atoms with van der Waals surface area (Å²) in [7, 11) is 1.86. The van der Waals surface area contributed by atoms with Crippen LogP contribution < -0.4 is 15.4 Å². The molecule has 2 fully saturated rings. The molecular formula is C24H28FN3O3. The number of rotatable bonds is 6. The molecule has 2 aromatic carbocycles. The molecule has 2 aliphatic heterocycles. The van der Waals surface area contributed by atoms with Crippen molar-refractivity contribution in [3.05, 3.63) is 65.5 Å². The van der Waals surface area contributed by atoms with E-state index in [2.05, 4.69) is 10.6 Å². The zero-order valence-electron chi connectivity index (χ0n) is 17.6. The van der Waals surface area contributed by atoms with Crippen molar-refractivity contribution in [3.8, 4) is 5.75 Å². The van der Waals surface area contributed by atoms with Gasteiger partial charge in [-0.05, 0) is 62.2 Å². The molecule has 0 aromatic heterocycles. The fourth-order valence-electron chi connectivity index (χ4n) is 4.59. The highest BCUT2D eigenvalue weighted by Gasteiger charge is 2.45. The first kappa shape index (κ1) is 21.3. The van der Waals surface area contributed by atoms with Crippen molar-refractivity contribution in [2.75, 3.05) is 20.2 Å². The van der Waals surface area contributed by atoms with E-state index in [9.17, 15) is 14.0 Å². The number of halogens is 1. The molecule has 0 aliphatic carbocycles. The van der Waals surface area contributed by atoms with Crippen LogP contribution in [0.25, 0.3) is 0 Å². The minimum Gasteiger partial charge on any atom is -0.492 e. The third-order valence-electron chi connectivity index (χ3n) is 6.08. The van der Waals surface area contributed by atoms with Gasteiger partial charge in [0.1, 0.15) is 18.2 Å². The molecule has 7 heteroatoms. The Balaban J connectivity index is 1.64. The first-order valence-electron chi connectivity index (χ1n) is 10.8. The number of hydrogen-bond acceptors (Lipinski definition) is 4. The summed E-state index contributed by atoms with van der Waals surface area (Å²) in [5.41, 5.74) is 1.42. The molecule has 2 aromatic rings. The lowest BCUT2D eigenvalue weighted by molar-refractivity contribution is -0.121. The van der Waals surface area contributed by atoms with E-state index in [0.29, 0.717) is 37.3 Å². The van der Waals surface area contributed by atoms with Crippen LogP contribution in [0.5, 0.6) is 5.75 Å². The van der Waals surface area contributed by atoms with Crippen LogP contribution in [0, 0.1) is 5.82 Å². The third-order valence-corrected chi connectivity index (χ3v) is 6.08. The first-order valence-corrected chi connectivity index (χ1v) is 10.8. The Bertz CT molecular complexity index is 934. The van der Waals surface area contributed by atoms with Crippen molar-refractivity contribution in [1.82, 2.24) is 15.5 Å². The molecule has 0 radical (unpaired) electrons. The van der Waals surface area contributed by atoms with Crippen LogP contribution in [-0.2, 0) is 4.79 Å². The van der Waals surface area contributed by atoms with Gasteiger partial charge < -0.3 is 20.3 Å². The number of likely N-dealkylation sites (tertiary alicyclic amines) is 1. The van der Waals surface area contributed by atoms with Gasteiger partial charge in [-0.15, -0.1) is 0 Å². The fraction of sp³-hybridized carbons (Fsp3) is 0.417. The Morgan fingerprint density at radius 2 is 2.06 bits per heavy atom. The van der Waals surface area contributed by atoms with E-state index in [4.69, 9.17) is 4.74 Å². The third kappa shape index (κ3) is 4.71. The number of benzene rings is 2. The molecule has 2 heterocycles. The molecule has 2 N–H and O–H groups in total. The lowest BCUT2D eigenvalue weighted by Gasteiger charge is -2.31. The van der Waals surface area contributed by atoms with Gasteiger partial charge in [0.15, 0.2) is 0 Å². The maximum absolute atomic E-state index is 13.7. The molecule has 164 valence electrons. The zero-order valence-corrected chi connectivity index (χ0v) is 17.6. The molecule has 0 bridgehead atoms. The largest absolute Gasteiger partial charge is 0.492 e. The molecule has 2 saturated heterocycles. The van der Waals surface area contributed by atoms with Crippen LogP contribution in [0.3, 0.4) is 0 Å². The monoisotopic (exact) mass is 425 g/mol. The highest BCUT2D eigenvalue weighted by Crippen LogP contribution is 2.40. The average molecular weight is 426 g/mol. The molecule has 6 nitrogen and oxygen atoms in total. The van der Waals surface area contributed by atoms with Gasteiger partial charge in [-0.2, -0.15) is 0 Å². The van der Waals surface area contributed by atoms with Gasteiger partial charge >= 0.3 is 0 Å². The Labute approximate surface area is 181 Å². The topological polar surface area (TPSA) is 70.7 Å². The standard InChI is InChI=1S/C24H28FN3O3/c1-26-12-13-31-19-5-2-4-17(14-19)24(30)28-21-6-3-7-23(29)27-20(21)15-22(28)16-8-10-18(25)11-9-16/h2,4-5,8-11,14,20-22,26H,3,6-7,12-13,15H2,1H3,(H,27,29)/t20-,21+,22+/m1/s1. The number of carbonyl (C=O) groups is 2. The van der Waals surface area contributed by atoms with E-state index in [1.165, 1.54) is 12.1 Å². The predicted molar refractivity (Wildman–Crippen MR) is 115 cm³/mol. The van der Waals surface area contributed by atoms with Gasteiger partial charge in [-0.25, -0.2) is 4.39 Å².